The molecule has 3 aromatic rings. The van der Waals surface area contributed by atoms with E-state index in [1.165, 1.54) is 60.7 Å². The van der Waals surface area contributed by atoms with Crippen LogP contribution in [0.3, 0.4) is 0 Å². The molecule has 0 radical (unpaired) electrons. The number of ketones is 1. The number of hydrogen-bond donors (Lipinski definition) is 4. The first-order valence-electron chi connectivity index (χ1n) is 10.6. The molecule has 0 saturated carbocycles. The fourth-order valence-electron chi connectivity index (χ4n) is 3.10. The SMILES string of the molecule is C/C(=C/Cc1c(O)ccc(C(=O)/C=C/c2ccc(O)cc2)c1O)OC(=O)/C=C/c1ccc(O)cc1. The number of rotatable bonds is 8. The number of allylic oxidation sites excluding steroid dienone is 3. The number of benzene rings is 3. The molecule has 0 aromatic heterocycles. The fraction of sp³-hybridized carbons (Fsp3) is 0.0714. The van der Waals surface area contributed by atoms with Crippen LogP contribution in [0.2, 0.25) is 0 Å². The number of aromatic hydroxyl groups is 4. The van der Waals surface area contributed by atoms with Crippen molar-refractivity contribution < 1.29 is 34.8 Å². The standard InChI is InChI=1S/C28H24O7/c1-18(35-27(33)17-8-20-5-11-22(30)12-6-20)2-13-23-26(32)16-14-24(28(23)34)25(31)15-7-19-3-9-21(29)10-4-19/h2-12,14-17,29-30,32,34H,13H2,1H3/b15-7+,17-8+,18-2-. The molecule has 7 nitrogen and oxygen atoms in total. The van der Waals surface area contributed by atoms with E-state index in [1.807, 2.05) is 0 Å². The highest BCUT2D eigenvalue weighted by Crippen LogP contribution is 2.32. The second-order valence-corrected chi connectivity index (χ2v) is 7.61. The Balaban J connectivity index is 1.67. The third kappa shape index (κ3) is 7.10. The lowest BCUT2D eigenvalue weighted by Gasteiger charge is -2.09. The second kappa shape index (κ2) is 11.4. The molecule has 3 aromatic carbocycles. The molecule has 35 heavy (non-hydrogen) atoms. The van der Waals surface area contributed by atoms with E-state index in [2.05, 4.69) is 0 Å². The highest BCUT2D eigenvalue weighted by molar-refractivity contribution is 6.09. The summed E-state index contributed by atoms with van der Waals surface area (Å²) in [6.45, 7) is 1.55. The van der Waals surface area contributed by atoms with Crippen LogP contribution in [-0.4, -0.2) is 32.2 Å². The molecule has 0 amide bonds. The Kier molecular flexibility index (Phi) is 8.08. The van der Waals surface area contributed by atoms with E-state index < -0.39 is 11.8 Å². The smallest absolute Gasteiger partial charge is 0.335 e. The Bertz CT molecular complexity index is 1300. The van der Waals surface area contributed by atoms with E-state index in [1.54, 1.807) is 37.3 Å². The molecule has 0 saturated heterocycles. The number of ether oxygens (including phenoxy) is 1. The van der Waals surface area contributed by atoms with Crippen molar-refractivity contribution >= 4 is 23.9 Å². The third-order valence-electron chi connectivity index (χ3n) is 5.00. The lowest BCUT2D eigenvalue weighted by atomic mass is 10.0. The van der Waals surface area contributed by atoms with Crippen LogP contribution in [0.25, 0.3) is 12.2 Å². The van der Waals surface area contributed by atoms with Gasteiger partial charge < -0.3 is 25.2 Å². The van der Waals surface area contributed by atoms with Gasteiger partial charge in [0, 0.05) is 18.1 Å². The Morgan fingerprint density at radius 3 is 1.89 bits per heavy atom. The number of esters is 1. The normalized spacial score (nSPS) is 11.7. The summed E-state index contributed by atoms with van der Waals surface area (Å²) in [5.74, 6) is -1.19. The van der Waals surface area contributed by atoms with E-state index in [0.717, 1.165) is 0 Å². The van der Waals surface area contributed by atoms with Crippen molar-refractivity contribution in [1.29, 1.82) is 0 Å². The fourth-order valence-corrected chi connectivity index (χ4v) is 3.10. The van der Waals surface area contributed by atoms with Gasteiger partial charge in [-0.15, -0.1) is 0 Å². The molecule has 4 N–H and O–H groups in total. The van der Waals surface area contributed by atoms with Gasteiger partial charge in [-0.3, -0.25) is 4.79 Å². The van der Waals surface area contributed by atoms with Gasteiger partial charge in [0.1, 0.15) is 28.8 Å². The van der Waals surface area contributed by atoms with Crippen molar-refractivity contribution in [2.24, 2.45) is 0 Å². The van der Waals surface area contributed by atoms with Crippen LogP contribution in [-0.2, 0) is 16.0 Å². The third-order valence-corrected chi connectivity index (χ3v) is 5.00. The summed E-state index contributed by atoms with van der Waals surface area (Å²) in [7, 11) is 0. The predicted molar refractivity (Wildman–Crippen MR) is 132 cm³/mol. The Morgan fingerprint density at radius 1 is 0.771 bits per heavy atom. The minimum atomic E-state index is -0.622. The summed E-state index contributed by atoms with van der Waals surface area (Å²) in [5.41, 5.74) is 1.52. The van der Waals surface area contributed by atoms with Gasteiger partial charge in [-0.25, -0.2) is 4.79 Å². The van der Waals surface area contributed by atoms with Crippen LogP contribution in [0.15, 0.2) is 84.7 Å². The van der Waals surface area contributed by atoms with Crippen molar-refractivity contribution in [3.8, 4) is 23.0 Å². The Labute approximate surface area is 202 Å². The molecule has 0 aliphatic rings. The molecule has 0 spiro atoms. The maximum atomic E-state index is 12.6. The number of phenolic OH excluding ortho intramolecular Hbond substituents is 4. The summed E-state index contributed by atoms with van der Waals surface area (Å²) in [6, 6.07) is 15.2. The van der Waals surface area contributed by atoms with Crippen molar-refractivity contribution in [1.82, 2.24) is 0 Å². The quantitative estimate of drug-likeness (QED) is 0.155. The average molecular weight is 472 g/mol. The summed E-state index contributed by atoms with van der Waals surface area (Å²) in [5, 5.41) is 39.4. The van der Waals surface area contributed by atoms with Crippen LogP contribution < -0.4 is 0 Å². The summed E-state index contributed by atoms with van der Waals surface area (Å²) in [4.78, 5) is 24.6. The van der Waals surface area contributed by atoms with Crippen LogP contribution in [0.4, 0.5) is 0 Å². The Hall–Kier alpha value is -4.78. The maximum Gasteiger partial charge on any atom is 0.335 e. The van der Waals surface area contributed by atoms with Gasteiger partial charge in [0.25, 0.3) is 0 Å². The molecule has 0 heterocycles. The highest BCUT2D eigenvalue weighted by Gasteiger charge is 2.16. The van der Waals surface area contributed by atoms with Gasteiger partial charge in [0.2, 0.25) is 0 Å². The molecule has 0 aliphatic heterocycles. The maximum absolute atomic E-state index is 12.6. The van der Waals surface area contributed by atoms with E-state index in [4.69, 9.17) is 4.74 Å². The van der Waals surface area contributed by atoms with Crippen molar-refractivity contribution in [3.63, 3.8) is 0 Å². The monoisotopic (exact) mass is 472 g/mol. The zero-order chi connectivity index (χ0) is 25.4. The number of carbonyl (C=O) groups is 2. The van der Waals surface area contributed by atoms with E-state index in [9.17, 15) is 30.0 Å². The number of hydrogen-bond acceptors (Lipinski definition) is 7. The zero-order valence-electron chi connectivity index (χ0n) is 18.9. The molecule has 0 unspecified atom stereocenters. The molecular formula is C28H24O7. The van der Waals surface area contributed by atoms with Gasteiger partial charge in [-0.1, -0.05) is 30.3 Å². The van der Waals surface area contributed by atoms with Crippen molar-refractivity contribution in [2.75, 3.05) is 0 Å². The molecule has 7 heteroatoms. The summed E-state index contributed by atoms with van der Waals surface area (Å²) in [6.07, 6.45) is 7.11. The molecule has 0 atom stereocenters. The van der Waals surface area contributed by atoms with Gasteiger partial charge in [-0.05, 0) is 72.7 Å². The zero-order valence-corrected chi connectivity index (χ0v) is 18.9. The summed E-state index contributed by atoms with van der Waals surface area (Å²) >= 11 is 0. The van der Waals surface area contributed by atoms with Crippen LogP contribution in [0.5, 0.6) is 23.0 Å². The van der Waals surface area contributed by atoms with Crippen molar-refractivity contribution in [3.05, 3.63) is 107 Å². The lowest BCUT2D eigenvalue weighted by Crippen LogP contribution is -2.00. The van der Waals surface area contributed by atoms with Gasteiger partial charge in [0.15, 0.2) is 5.78 Å². The molecule has 178 valence electrons. The Morgan fingerprint density at radius 2 is 1.31 bits per heavy atom. The van der Waals surface area contributed by atoms with Gasteiger partial charge >= 0.3 is 5.97 Å². The predicted octanol–water partition coefficient (Wildman–Crippen LogP) is 5.11. The van der Waals surface area contributed by atoms with Crippen LogP contribution >= 0.6 is 0 Å². The average Bonchev–Trinajstić information content (AvgIpc) is 2.83. The second-order valence-electron chi connectivity index (χ2n) is 7.61. The first-order chi connectivity index (χ1) is 16.7. The van der Waals surface area contributed by atoms with Crippen molar-refractivity contribution in [2.45, 2.75) is 13.3 Å². The van der Waals surface area contributed by atoms with E-state index in [0.29, 0.717) is 11.1 Å². The topological polar surface area (TPSA) is 124 Å². The largest absolute Gasteiger partial charge is 0.508 e. The highest BCUT2D eigenvalue weighted by atomic mass is 16.5. The summed E-state index contributed by atoms with van der Waals surface area (Å²) < 4.78 is 5.20. The van der Waals surface area contributed by atoms with E-state index >= 15 is 0 Å². The molecule has 3 rings (SSSR count). The first-order valence-corrected chi connectivity index (χ1v) is 10.6. The van der Waals surface area contributed by atoms with Crippen LogP contribution in [0.1, 0.15) is 34.0 Å². The number of carbonyl (C=O) groups excluding carboxylic acids is 2. The van der Waals surface area contributed by atoms with Crippen LogP contribution in [0, 0.1) is 0 Å². The van der Waals surface area contributed by atoms with Gasteiger partial charge in [-0.2, -0.15) is 0 Å². The van der Waals surface area contributed by atoms with E-state index in [-0.39, 0.29) is 46.3 Å². The lowest BCUT2D eigenvalue weighted by molar-refractivity contribution is -0.133. The minimum Gasteiger partial charge on any atom is -0.508 e. The molecule has 0 bridgehead atoms. The molecule has 0 fully saturated rings. The minimum absolute atomic E-state index is 0.00714. The number of phenols is 4. The van der Waals surface area contributed by atoms with Gasteiger partial charge in [0.05, 0.1) is 5.56 Å². The molecule has 0 aliphatic carbocycles. The molecular weight excluding hydrogens is 448 g/mol. The first kappa shape index (κ1) is 24.9.